The maximum Gasteiger partial charge on any atom is 0.310 e. The van der Waals surface area contributed by atoms with E-state index >= 15 is 0 Å². The van der Waals surface area contributed by atoms with Gasteiger partial charge in [0.05, 0.1) is 69.0 Å². The first-order valence-corrected chi connectivity index (χ1v) is 17.0. The van der Waals surface area contributed by atoms with Gasteiger partial charge in [-0.05, 0) is 55.8 Å². The van der Waals surface area contributed by atoms with Crippen LogP contribution >= 0.6 is 0 Å². The number of carboxylic acids is 1. The molecule has 0 radical (unpaired) electrons. The van der Waals surface area contributed by atoms with E-state index < -0.39 is 112 Å². The van der Waals surface area contributed by atoms with Crippen LogP contribution in [-0.2, 0) is 4.79 Å². The van der Waals surface area contributed by atoms with Crippen LogP contribution in [0.25, 0.3) is 0 Å². The standard InChI is InChI=1S/C33H66O12/c1-24(2)12-10-8-6-4-3-5-7-9-11-13-25(14-26(39)19-34)32(15-27(40)20-35,16-28(41)21-36)33(31(44)45,17-29(42)22-37)18-30(43)23-38/h24-30,34-43H,3-23H2,1-2H3,(H,44,45). The molecule has 6 atom stereocenters. The van der Waals surface area contributed by atoms with Gasteiger partial charge in [0, 0.05) is 0 Å². The van der Waals surface area contributed by atoms with E-state index in [1.54, 1.807) is 0 Å². The molecular weight excluding hydrogens is 588 g/mol. The third-order valence-electron chi connectivity index (χ3n) is 9.46. The average molecular weight is 655 g/mol. The highest BCUT2D eigenvalue weighted by atomic mass is 16.4. The molecule has 0 aromatic carbocycles. The Bertz CT molecular complexity index is 712. The van der Waals surface area contributed by atoms with Crippen molar-refractivity contribution in [1.82, 2.24) is 0 Å². The van der Waals surface area contributed by atoms with Crippen molar-refractivity contribution in [3.05, 3.63) is 0 Å². The summed E-state index contributed by atoms with van der Waals surface area (Å²) in [6.07, 6.45) is 0.582. The third kappa shape index (κ3) is 15.7. The predicted molar refractivity (Wildman–Crippen MR) is 170 cm³/mol. The number of aliphatic hydroxyl groups excluding tert-OH is 10. The molecule has 0 bridgehead atoms. The monoisotopic (exact) mass is 654 g/mol. The van der Waals surface area contributed by atoms with Crippen LogP contribution in [0.5, 0.6) is 0 Å². The summed E-state index contributed by atoms with van der Waals surface area (Å²) in [5.74, 6) is -1.70. The molecule has 0 amide bonds. The highest BCUT2D eigenvalue weighted by Crippen LogP contribution is 2.59. The smallest absolute Gasteiger partial charge is 0.310 e. The van der Waals surface area contributed by atoms with Crippen molar-refractivity contribution < 1.29 is 61.0 Å². The molecule has 0 saturated carbocycles. The molecule has 0 spiro atoms. The minimum Gasteiger partial charge on any atom is -0.481 e. The Morgan fingerprint density at radius 3 is 1.18 bits per heavy atom. The summed E-state index contributed by atoms with van der Waals surface area (Å²) in [5.41, 5.74) is -4.03. The molecule has 0 aromatic heterocycles. The van der Waals surface area contributed by atoms with Crippen molar-refractivity contribution >= 4 is 5.97 Å². The van der Waals surface area contributed by atoms with Gasteiger partial charge in [-0.3, -0.25) is 4.79 Å². The van der Waals surface area contributed by atoms with Crippen LogP contribution in [0.2, 0.25) is 0 Å². The molecule has 11 N–H and O–H groups in total. The maximum absolute atomic E-state index is 13.4. The number of hydrogen-bond donors (Lipinski definition) is 11. The largest absolute Gasteiger partial charge is 0.481 e. The number of aliphatic hydroxyl groups is 10. The zero-order chi connectivity index (χ0) is 34.5. The summed E-state index contributed by atoms with van der Waals surface area (Å²) in [7, 11) is 0. The van der Waals surface area contributed by atoms with Crippen LogP contribution < -0.4 is 0 Å². The second kappa shape index (κ2) is 24.2. The summed E-state index contributed by atoms with van der Waals surface area (Å²) in [5, 5.41) is 113. The molecule has 0 aromatic rings. The SMILES string of the molecule is CC(C)CCCCCCCCCCCC(CC(O)CO)C(CC(O)CO)(CC(O)CO)C(CC(O)CO)(CC(O)CO)C(=O)O. The zero-order valence-electron chi connectivity index (χ0n) is 27.7. The number of rotatable bonds is 30. The lowest BCUT2D eigenvalue weighted by Crippen LogP contribution is -2.58. The van der Waals surface area contributed by atoms with Gasteiger partial charge in [-0.25, -0.2) is 0 Å². The minimum absolute atomic E-state index is 0.178. The topological polar surface area (TPSA) is 240 Å². The molecule has 12 heteroatoms. The van der Waals surface area contributed by atoms with Crippen LogP contribution in [-0.4, -0.2) is 126 Å². The van der Waals surface area contributed by atoms with Crippen molar-refractivity contribution in [2.75, 3.05) is 33.0 Å². The van der Waals surface area contributed by atoms with Gasteiger partial charge in [-0.1, -0.05) is 78.1 Å². The van der Waals surface area contributed by atoms with Crippen molar-refractivity contribution in [2.45, 2.75) is 147 Å². The number of aliphatic carboxylic acids is 1. The van der Waals surface area contributed by atoms with Gasteiger partial charge >= 0.3 is 5.97 Å². The maximum atomic E-state index is 13.4. The van der Waals surface area contributed by atoms with Gasteiger partial charge < -0.3 is 56.2 Å². The number of unbranched alkanes of at least 4 members (excludes halogenated alkanes) is 8. The van der Waals surface area contributed by atoms with Crippen molar-refractivity contribution in [1.29, 1.82) is 0 Å². The van der Waals surface area contributed by atoms with E-state index in [-0.39, 0.29) is 12.8 Å². The predicted octanol–water partition coefficient (Wildman–Crippen LogP) is 1.32. The van der Waals surface area contributed by atoms with Gasteiger partial charge in [0.2, 0.25) is 0 Å². The number of hydrogen-bond acceptors (Lipinski definition) is 11. The summed E-state index contributed by atoms with van der Waals surface area (Å²) in [6.45, 7) is 0.533. The molecule has 0 fully saturated rings. The molecule has 0 aliphatic heterocycles. The zero-order valence-corrected chi connectivity index (χ0v) is 27.7. The molecule has 12 nitrogen and oxygen atoms in total. The third-order valence-corrected chi connectivity index (χ3v) is 9.46. The summed E-state index contributed by atoms with van der Waals surface area (Å²) >= 11 is 0. The first-order valence-electron chi connectivity index (χ1n) is 17.0. The lowest BCUT2D eigenvalue weighted by atomic mass is 9.48. The first kappa shape index (κ1) is 44.1. The van der Waals surface area contributed by atoms with Crippen LogP contribution in [0.15, 0.2) is 0 Å². The fourth-order valence-corrected chi connectivity index (χ4v) is 7.18. The van der Waals surface area contributed by atoms with Gasteiger partial charge in [0.1, 0.15) is 0 Å². The molecule has 0 aliphatic carbocycles. The van der Waals surface area contributed by atoms with E-state index in [2.05, 4.69) is 13.8 Å². The second-order valence-corrected chi connectivity index (χ2v) is 13.6. The Labute approximate surface area is 269 Å². The molecule has 0 aliphatic rings. The Kier molecular flexibility index (Phi) is 23.7. The molecular formula is C33H66O12. The van der Waals surface area contributed by atoms with E-state index in [0.717, 1.165) is 32.1 Å². The average Bonchev–Trinajstić information content (AvgIpc) is 3.01. The molecule has 45 heavy (non-hydrogen) atoms. The Morgan fingerprint density at radius 2 is 0.844 bits per heavy atom. The number of carbonyl (C=O) groups is 1. The quantitative estimate of drug-likeness (QED) is 0.0492. The molecule has 0 rings (SSSR count). The molecule has 270 valence electrons. The summed E-state index contributed by atoms with van der Waals surface area (Å²) < 4.78 is 0. The van der Waals surface area contributed by atoms with Gasteiger partial charge in [-0.15, -0.1) is 0 Å². The molecule has 6 unspecified atom stereocenters. The summed E-state index contributed by atoms with van der Waals surface area (Å²) in [6, 6.07) is 0. The summed E-state index contributed by atoms with van der Waals surface area (Å²) in [4.78, 5) is 13.4. The Balaban J connectivity index is 6.49. The highest BCUT2D eigenvalue weighted by Gasteiger charge is 2.61. The van der Waals surface area contributed by atoms with Crippen LogP contribution in [0.1, 0.15) is 117 Å². The van der Waals surface area contributed by atoms with Crippen molar-refractivity contribution in [3.63, 3.8) is 0 Å². The molecule has 0 heterocycles. The normalized spacial score (nSPS) is 19.0. The Morgan fingerprint density at radius 1 is 0.511 bits per heavy atom. The van der Waals surface area contributed by atoms with Crippen molar-refractivity contribution in [3.8, 4) is 0 Å². The van der Waals surface area contributed by atoms with E-state index in [9.17, 15) is 61.0 Å². The molecule has 0 saturated heterocycles. The van der Waals surface area contributed by atoms with Crippen molar-refractivity contribution in [2.24, 2.45) is 22.7 Å². The van der Waals surface area contributed by atoms with E-state index in [1.807, 2.05) is 0 Å². The fraction of sp³-hybridized carbons (Fsp3) is 0.970. The van der Waals surface area contributed by atoms with E-state index in [4.69, 9.17) is 0 Å². The van der Waals surface area contributed by atoms with Crippen LogP contribution in [0.3, 0.4) is 0 Å². The van der Waals surface area contributed by atoms with E-state index in [0.29, 0.717) is 12.3 Å². The van der Waals surface area contributed by atoms with Gasteiger partial charge in [-0.2, -0.15) is 0 Å². The number of carboxylic acid groups (broad SMARTS) is 1. The Hall–Kier alpha value is -0.930. The lowest BCUT2D eigenvalue weighted by Gasteiger charge is -2.55. The fourth-order valence-electron chi connectivity index (χ4n) is 7.18. The van der Waals surface area contributed by atoms with E-state index in [1.165, 1.54) is 25.7 Å². The first-order chi connectivity index (χ1) is 21.3. The minimum atomic E-state index is -2.22. The van der Waals surface area contributed by atoms with Gasteiger partial charge in [0.25, 0.3) is 0 Å². The lowest BCUT2D eigenvalue weighted by molar-refractivity contribution is -0.188. The van der Waals surface area contributed by atoms with Crippen LogP contribution in [0, 0.1) is 22.7 Å². The second-order valence-electron chi connectivity index (χ2n) is 13.6. The highest BCUT2D eigenvalue weighted by molar-refractivity contribution is 5.76. The van der Waals surface area contributed by atoms with Gasteiger partial charge in [0.15, 0.2) is 0 Å². The van der Waals surface area contributed by atoms with Crippen LogP contribution in [0.4, 0.5) is 0 Å².